The van der Waals surface area contributed by atoms with E-state index in [-0.39, 0.29) is 24.7 Å². The Labute approximate surface area is 117 Å². The molecular weight excluding hydrogens is 258 g/mol. The van der Waals surface area contributed by atoms with Crippen molar-refractivity contribution in [3.63, 3.8) is 0 Å². The highest BCUT2D eigenvalue weighted by Gasteiger charge is 2.61. The lowest BCUT2D eigenvalue weighted by atomic mass is 10.1. The molecule has 2 amide bonds. The molecule has 1 spiro atoms. The van der Waals surface area contributed by atoms with Crippen LogP contribution in [0.15, 0.2) is 30.3 Å². The Kier molecular flexibility index (Phi) is 3.22. The molecule has 1 atom stereocenters. The van der Waals surface area contributed by atoms with Crippen molar-refractivity contribution in [2.45, 2.75) is 31.4 Å². The van der Waals surface area contributed by atoms with E-state index in [2.05, 4.69) is 0 Å². The first-order valence-electron chi connectivity index (χ1n) is 6.82. The summed E-state index contributed by atoms with van der Waals surface area (Å²) in [6.07, 6.45) is 1.60. The summed E-state index contributed by atoms with van der Waals surface area (Å²) in [5.74, 6) is -0.759. The first-order valence-corrected chi connectivity index (χ1v) is 6.82. The van der Waals surface area contributed by atoms with Crippen molar-refractivity contribution < 1.29 is 19.4 Å². The summed E-state index contributed by atoms with van der Waals surface area (Å²) in [4.78, 5) is 25.5. The Morgan fingerprint density at radius 1 is 1.35 bits per heavy atom. The Morgan fingerprint density at radius 2 is 2.05 bits per heavy atom. The van der Waals surface area contributed by atoms with Crippen molar-refractivity contribution in [1.29, 1.82) is 0 Å². The zero-order valence-corrected chi connectivity index (χ0v) is 11.1. The number of likely N-dealkylation sites (tertiary alicyclic amines) is 1. The predicted octanol–water partition coefficient (Wildman–Crippen LogP) is 1.70. The molecule has 106 valence electrons. The average Bonchev–Trinajstić information content (AvgIpc) is 3.17. The van der Waals surface area contributed by atoms with Crippen LogP contribution in [-0.4, -0.2) is 34.2 Å². The lowest BCUT2D eigenvalue weighted by molar-refractivity contribution is -0.131. The summed E-state index contributed by atoms with van der Waals surface area (Å²) < 4.78 is 5.24. The number of hydrogen-bond acceptors (Lipinski definition) is 4. The van der Waals surface area contributed by atoms with Gasteiger partial charge < -0.3 is 9.84 Å². The van der Waals surface area contributed by atoms with Crippen LogP contribution in [0.25, 0.3) is 0 Å². The topological polar surface area (TPSA) is 66.8 Å². The van der Waals surface area contributed by atoms with E-state index in [0.29, 0.717) is 6.42 Å². The van der Waals surface area contributed by atoms with Crippen LogP contribution in [0.3, 0.4) is 0 Å². The SMILES string of the molecule is O=C(OCc1ccccc1)N1C(=O)C(CO)CC12CC2. The van der Waals surface area contributed by atoms with E-state index in [0.717, 1.165) is 18.4 Å². The van der Waals surface area contributed by atoms with Crippen LogP contribution >= 0.6 is 0 Å². The Bertz CT molecular complexity index is 524. The maximum atomic E-state index is 12.1. The Hall–Kier alpha value is -1.88. The fourth-order valence-corrected chi connectivity index (χ4v) is 2.84. The average molecular weight is 275 g/mol. The molecule has 1 N–H and O–H groups in total. The molecule has 1 saturated heterocycles. The molecule has 1 unspecified atom stereocenters. The van der Waals surface area contributed by atoms with Crippen LogP contribution in [0.2, 0.25) is 0 Å². The quantitative estimate of drug-likeness (QED) is 0.911. The molecule has 1 aromatic carbocycles. The van der Waals surface area contributed by atoms with Gasteiger partial charge in [0.1, 0.15) is 6.61 Å². The number of nitrogens with zero attached hydrogens (tertiary/aromatic N) is 1. The molecule has 0 aromatic heterocycles. The first kappa shape index (κ1) is 13.1. The van der Waals surface area contributed by atoms with E-state index >= 15 is 0 Å². The minimum atomic E-state index is -0.590. The van der Waals surface area contributed by atoms with Gasteiger partial charge in [0.15, 0.2) is 0 Å². The molecule has 1 heterocycles. The number of amides is 2. The van der Waals surface area contributed by atoms with E-state index in [9.17, 15) is 14.7 Å². The summed E-state index contributed by atoms with van der Waals surface area (Å²) in [5, 5.41) is 9.20. The van der Waals surface area contributed by atoms with Gasteiger partial charge in [0.25, 0.3) is 0 Å². The number of hydrogen-bond donors (Lipinski definition) is 1. The number of aliphatic hydroxyl groups is 1. The van der Waals surface area contributed by atoms with Crippen LogP contribution in [0.5, 0.6) is 0 Å². The highest BCUT2D eigenvalue weighted by Crippen LogP contribution is 2.52. The van der Waals surface area contributed by atoms with Gasteiger partial charge in [-0.3, -0.25) is 4.79 Å². The maximum absolute atomic E-state index is 12.1. The van der Waals surface area contributed by atoms with Gasteiger partial charge in [-0.1, -0.05) is 30.3 Å². The van der Waals surface area contributed by atoms with Crippen molar-refractivity contribution in [1.82, 2.24) is 4.90 Å². The molecule has 2 fully saturated rings. The van der Waals surface area contributed by atoms with Crippen LogP contribution in [-0.2, 0) is 16.1 Å². The molecule has 5 heteroatoms. The second-order valence-electron chi connectivity index (χ2n) is 5.52. The van der Waals surface area contributed by atoms with Gasteiger partial charge in [0, 0.05) is 0 Å². The van der Waals surface area contributed by atoms with E-state index < -0.39 is 12.0 Å². The van der Waals surface area contributed by atoms with Gasteiger partial charge in [-0.05, 0) is 24.8 Å². The van der Waals surface area contributed by atoms with E-state index in [1.807, 2.05) is 30.3 Å². The lowest BCUT2D eigenvalue weighted by Gasteiger charge is -2.21. The lowest BCUT2D eigenvalue weighted by Crippen LogP contribution is -2.41. The van der Waals surface area contributed by atoms with E-state index in [1.54, 1.807) is 0 Å². The van der Waals surface area contributed by atoms with Gasteiger partial charge >= 0.3 is 6.09 Å². The summed E-state index contributed by atoms with van der Waals surface area (Å²) in [6.45, 7) is -0.0492. The molecule has 1 saturated carbocycles. The number of imide groups is 1. The minimum Gasteiger partial charge on any atom is -0.444 e. The Morgan fingerprint density at radius 3 is 2.65 bits per heavy atom. The van der Waals surface area contributed by atoms with Crippen LogP contribution in [0.1, 0.15) is 24.8 Å². The summed E-state index contributed by atoms with van der Waals surface area (Å²) in [5.41, 5.74) is 0.508. The summed E-state index contributed by atoms with van der Waals surface area (Å²) in [7, 11) is 0. The van der Waals surface area contributed by atoms with Gasteiger partial charge in [-0.15, -0.1) is 0 Å². The second kappa shape index (κ2) is 4.90. The van der Waals surface area contributed by atoms with Crippen molar-refractivity contribution in [3.05, 3.63) is 35.9 Å². The smallest absolute Gasteiger partial charge is 0.417 e. The molecule has 3 rings (SSSR count). The highest BCUT2D eigenvalue weighted by atomic mass is 16.6. The van der Waals surface area contributed by atoms with Crippen molar-refractivity contribution in [2.75, 3.05) is 6.61 Å². The number of aliphatic hydroxyl groups excluding tert-OH is 1. The molecule has 1 aromatic rings. The van der Waals surface area contributed by atoms with Crippen molar-refractivity contribution in [3.8, 4) is 0 Å². The van der Waals surface area contributed by atoms with Crippen molar-refractivity contribution in [2.24, 2.45) is 5.92 Å². The molecule has 1 aliphatic carbocycles. The molecule has 5 nitrogen and oxygen atoms in total. The minimum absolute atomic E-state index is 0.156. The highest BCUT2D eigenvalue weighted by molar-refractivity contribution is 5.97. The fraction of sp³-hybridized carbons (Fsp3) is 0.467. The normalized spacial score (nSPS) is 23.1. The number of ether oxygens (including phenoxy) is 1. The number of carbonyl (C=O) groups excluding carboxylic acids is 2. The zero-order valence-electron chi connectivity index (χ0n) is 11.1. The maximum Gasteiger partial charge on any atom is 0.417 e. The van der Waals surface area contributed by atoms with Gasteiger partial charge in [0.05, 0.1) is 18.1 Å². The molecule has 0 bridgehead atoms. The third-order valence-electron chi connectivity index (χ3n) is 4.11. The molecular formula is C15H17NO4. The van der Waals surface area contributed by atoms with E-state index in [4.69, 9.17) is 4.74 Å². The van der Waals surface area contributed by atoms with Crippen LogP contribution in [0, 0.1) is 5.92 Å². The van der Waals surface area contributed by atoms with Gasteiger partial charge in [0.2, 0.25) is 5.91 Å². The van der Waals surface area contributed by atoms with Gasteiger partial charge in [-0.2, -0.15) is 0 Å². The van der Waals surface area contributed by atoms with Crippen molar-refractivity contribution >= 4 is 12.0 Å². The monoisotopic (exact) mass is 275 g/mol. The van der Waals surface area contributed by atoms with Crippen LogP contribution < -0.4 is 0 Å². The third kappa shape index (κ3) is 2.18. The number of carbonyl (C=O) groups is 2. The standard InChI is InChI=1S/C15H17NO4/c17-9-12-8-15(6-7-15)16(13(12)18)14(19)20-10-11-4-2-1-3-5-11/h1-5,12,17H,6-10H2. The third-order valence-corrected chi connectivity index (χ3v) is 4.11. The Balaban J connectivity index is 1.66. The number of benzene rings is 1. The van der Waals surface area contributed by atoms with Gasteiger partial charge in [-0.25, -0.2) is 9.69 Å². The summed E-state index contributed by atoms with van der Waals surface area (Å²) >= 11 is 0. The second-order valence-corrected chi connectivity index (χ2v) is 5.52. The summed E-state index contributed by atoms with van der Waals surface area (Å²) in [6, 6.07) is 9.36. The van der Waals surface area contributed by atoms with E-state index in [1.165, 1.54) is 4.90 Å². The zero-order chi connectivity index (χ0) is 14.2. The molecule has 1 aliphatic heterocycles. The molecule has 20 heavy (non-hydrogen) atoms. The number of rotatable bonds is 3. The van der Waals surface area contributed by atoms with Crippen LogP contribution in [0.4, 0.5) is 4.79 Å². The molecule has 0 radical (unpaired) electrons. The fourth-order valence-electron chi connectivity index (χ4n) is 2.84. The largest absolute Gasteiger partial charge is 0.444 e. The first-order chi connectivity index (χ1) is 9.66. The predicted molar refractivity (Wildman–Crippen MR) is 70.6 cm³/mol. The molecule has 2 aliphatic rings.